The number of carbonyl (C=O) groups excluding carboxylic acids is 1. The smallest absolute Gasteiger partial charge is 0.390 e. The van der Waals surface area contributed by atoms with Gasteiger partial charge in [-0.1, -0.05) is 0 Å². The fourth-order valence-electron chi connectivity index (χ4n) is 6.03. The predicted molar refractivity (Wildman–Crippen MR) is 171 cm³/mol. The molecule has 0 saturated carbocycles. The Morgan fingerprint density at radius 1 is 0.800 bits per heavy atom. The Kier molecular flexibility index (Phi) is 13.0. The molecule has 55 heavy (non-hydrogen) atoms. The van der Waals surface area contributed by atoms with Crippen molar-refractivity contribution in [3.8, 4) is 0 Å². The van der Waals surface area contributed by atoms with Crippen LogP contribution in [0.1, 0.15) is 25.8 Å². The third-order valence-electron chi connectivity index (χ3n) is 8.63. The number of aromatic nitrogens is 4. The second-order valence-corrected chi connectivity index (χ2v) is 15.5. The Morgan fingerprint density at radius 3 is 1.87 bits per heavy atom. The number of H-pyrrole nitrogens is 2. The highest BCUT2D eigenvalue weighted by atomic mass is 31.3. The van der Waals surface area contributed by atoms with Gasteiger partial charge >= 0.3 is 27.0 Å². The van der Waals surface area contributed by atoms with Crippen LogP contribution in [0.4, 0.5) is 0 Å². The molecule has 29 heteroatoms. The summed E-state index contributed by atoms with van der Waals surface area (Å²) in [6.07, 6.45) is -23.2. The Labute approximate surface area is 305 Å². The number of phosphoric acid groups is 2. The standard InChI is InChI=1S/C26H37N5O22P2/c1-8(32)27-14-17(38)15(36)10(6-9(33)21-18(39)20(41)23(51-21)31-5-3-13(35)29-26(31)43)50-24(14)52-55(46,47)53-54(44,45)48-7-11-16(37)19(40)22(49-11)30-4-2-12(34)28-25(30)42/h2-5,9-11,14-24,33,36-41H,6-7H2,1H3,(H,27,32)(H,44,45)(H,46,47)(H,28,34,42)(H,29,35,43)/t9?,10-,11-,14-,15+,16-,17-,18+,19-,20-,21-,22-,23-,24-/m1/s1. The van der Waals surface area contributed by atoms with Gasteiger partial charge in [0.25, 0.3) is 11.1 Å². The van der Waals surface area contributed by atoms with Gasteiger partial charge in [0.15, 0.2) is 18.7 Å². The molecule has 5 rings (SSSR count). The molecule has 1 amide bonds. The second kappa shape index (κ2) is 16.7. The van der Waals surface area contributed by atoms with Gasteiger partial charge in [-0.3, -0.25) is 42.5 Å². The molecule has 2 aromatic heterocycles. The zero-order valence-electron chi connectivity index (χ0n) is 27.9. The number of amides is 1. The van der Waals surface area contributed by atoms with Crippen LogP contribution in [0.5, 0.6) is 0 Å². The van der Waals surface area contributed by atoms with E-state index in [9.17, 15) is 78.6 Å². The van der Waals surface area contributed by atoms with Gasteiger partial charge in [-0.05, 0) is 0 Å². The Hall–Kier alpha value is -3.31. The highest BCUT2D eigenvalue weighted by Crippen LogP contribution is 2.61. The van der Waals surface area contributed by atoms with Crippen molar-refractivity contribution in [1.29, 1.82) is 0 Å². The summed E-state index contributed by atoms with van der Waals surface area (Å²) >= 11 is 0. The normalized spacial score (nSPS) is 36.5. The number of nitrogens with one attached hydrogen (secondary N) is 3. The van der Waals surface area contributed by atoms with Gasteiger partial charge in [0.05, 0.1) is 18.8 Å². The quantitative estimate of drug-likeness (QED) is 0.0834. The van der Waals surface area contributed by atoms with Crippen LogP contribution in [0.2, 0.25) is 0 Å². The van der Waals surface area contributed by atoms with E-state index in [0.29, 0.717) is 9.13 Å². The second-order valence-electron chi connectivity index (χ2n) is 12.5. The minimum absolute atomic E-state index is 0.688. The van der Waals surface area contributed by atoms with Crippen molar-refractivity contribution in [3.05, 3.63) is 66.2 Å². The number of nitrogens with zero attached hydrogens (tertiary/aromatic N) is 2. The van der Waals surface area contributed by atoms with Crippen molar-refractivity contribution >= 4 is 21.6 Å². The topological polar surface area (TPSA) is 410 Å². The molecule has 3 aliphatic heterocycles. The van der Waals surface area contributed by atoms with Crippen molar-refractivity contribution in [2.24, 2.45) is 0 Å². The van der Waals surface area contributed by atoms with Crippen LogP contribution < -0.4 is 27.8 Å². The molecule has 3 unspecified atom stereocenters. The van der Waals surface area contributed by atoms with E-state index in [1.54, 1.807) is 0 Å². The van der Waals surface area contributed by atoms with E-state index >= 15 is 0 Å². The number of aromatic amines is 2. The zero-order chi connectivity index (χ0) is 40.7. The van der Waals surface area contributed by atoms with Crippen LogP contribution in [0, 0.1) is 0 Å². The number of hydrogen-bond donors (Lipinski definition) is 12. The molecule has 5 heterocycles. The van der Waals surface area contributed by atoms with Gasteiger partial charge in [-0.25, -0.2) is 18.7 Å². The summed E-state index contributed by atoms with van der Waals surface area (Å²) in [4.78, 5) is 83.4. The summed E-state index contributed by atoms with van der Waals surface area (Å²) in [5.74, 6) is -0.906. The maximum atomic E-state index is 13.0. The van der Waals surface area contributed by atoms with E-state index in [-0.39, 0.29) is 0 Å². The molecule has 12 N–H and O–H groups in total. The van der Waals surface area contributed by atoms with E-state index in [1.165, 1.54) is 0 Å². The van der Waals surface area contributed by atoms with Crippen molar-refractivity contribution < 1.29 is 87.0 Å². The number of rotatable bonds is 13. The largest absolute Gasteiger partial charge is 0.483 e. The molecule has 0 radical (unpaired) electrons. The molecule has 0 spiro atoms. The molecule has 3 saturated heterocycles. The fraction of sp³-hybridized carbons (Fsp3) is 0.654. The Bertz CT molecular complexity index is 2040. The monoisotopic (exact) mass is 833 g/mol. The van der Waals surface area contributed by atoms with Crippen LogP contribution in [-0.2, 0) is 41.5 Å². The predicted octanol–water partition coefficient (Wildman–Crippen LogP) is -6.72. The molecule has 2 aromatic rings. The summed E-state index contributed by atoms with van der Waals surface area (Å²) in [5.41, 5.74) is -3.66. The maximum absolute atomic E-state index is 13.0. The molecule has 3 fully saturated rings. The number of carbonyl (C=O) groups is 1. The first-order valence-electron chi connectivity index (χ1n) is 15.9. The van der Waals surface area contributed by atoms with Gasteiger partial charge < -0.3 is 65.1 Å². The minimum Gasteiger partial charge on any atom is -0.390 e. The van der Waals surface area contributed by atoms with Crippen LogP contribution in [0.3, 0.4) is 0 Å². The number of hydrogen-bond acceptors (Lipinski definition) is 20. The molecule has 0 aromatic carbocycles. The number of aliphatic hydroxyl groups is 7. The lowest BCUT2D eigenvalue weighted by molar-refractivity contribution is -0.249. The highest BCUT2D eigenvalue weighted by Gasteiger charge is 2.53. The van der Waals surface area contributed by atoms with Crippen molar-refractivity contribution in [1.82, 2.24) is 24.4 Å². The summed E-state index contributed by atoms with van der Waals surface area (Å²) in [6.45, 7) is -0.193. The van der Waals surface area contributed by atoms with Crippen molar-refractivity contribution in [2.75, 3.05) is 6.61 Å². The molecule has 16 atom stereocenters. The lowest BCUT2D eigenvalue weighted by Gasteiger charge is -2.43. The number of phosphoric ester groups is 2. The molecular weight excluding hydrogens is 796 g/mol. The van der Waals surface area contributed by atoms with Crippen molar-refractivity contribution in [2.45, 2.75) is 99.2 Å². The average Bonchev–Trinajstić information content (AvgIpc) is 3.53. The minimum atomic E-state index is -5.88. The molecule has 27 nitrogen and oxygen atoms in total. The molecule has 308 valence electrons. The van der Waals surface area contributed by atoms with E-state index < -0.39 is 143 Å². The van der Waals surface area contributed by atoms with Crippen LogP contribution in [0.25, 0.3) is 0 Å². The summed E-state index contributed by atoms with van der Waals surface area (Å²) in [5, 5.41) is 76.4. The Balaban J connectivity index is 1.25. The highest BCUT2D eigenvalue weighted by molar-refractivity contribution is 7.61. The molecule has 3 aliphatic rings. The van der Waals surface area contributed by atoms with Crippen LogP contribution >= 0.6 is 15.6 Å². The van der Waals surface area contributed by atoms with Gasteiger partial charge in [0, 0.05) is 37.9 Å². The first kappa shape index (κ1) is 42.8. The first-order valence-corrected chi connectivity index (χ1v) is 18.9. The lowest BCUT2D eigenvalue weighted by Crippen LogP contribution is -2.64. The van der Waals surface area contributed by atoms with Gasteiger partial charge in [0.1, 0.15) is 54.9 Å². The van der Waals surface area contributed by atoms with E-state index in [2.05, 4.69) is 14.2 Å². The van der Waals surface area contributed by atoms with Crippen molar-refractivity contribution in [3.63, 3.8) is 0 Å². The lowest BCUT2D eigenvalue weighted by atomic mass is 9.91. The van der Waals surface area contributed by atoms with Gasteiger partial charge in [-0.15, -0.1) is 0 Å². The van der Waals surface area contributed by atoms with E-state index in [4.69, 9.17) is 18.7 Å². The van der Waals surface area contributed by atoms with Gasteiger partial charge in [-0.2, -0.15) is 4.31 Å². The van der Waals surface area contributed by atoms with E-state index in [1.807, 2.05) is 9.97 Å². The molecule has 0 aliphatic carbocycles. The van der Waals surface area contributed by atoms with Crippen LogP contribution in [0.15, 0.2) is 43.7 Å². The maximum Gasteiger partial charge on any atom is 0.483 e. The third kappa shape index (κ3) is 9.63. The fourth-order valence-corrected chi connectivity index (χ4v) is 8.20. The summed E-state index contributed by atoms with van der Waals surface area (Å²) < 4.78 is 57.0. The third-order valence-corrected chi connectivity index (χ3v) is 11.2. The number of aliphatic hydroxyl groups excluding tert-OH is 7. The average molecular weight is 834 g/mol. The molecule has 0 bridgehead atoms. The first-order chi connectivity index (χ1) is 25.6. The molecular formula is C26H37N5O22P2. The number of ether oxygens (including phenoxy) is 3. The van der Waals surface area contributed by atoms with Gasteiger partial charge in [0.2, 0.25) is 5.91 Å². The summed E-state index contributed by atoms with van der Waals surface area (Å²) in [6, 6.07) is -0.0856. The zero-order valence-corrected chi connectivity index (χ0v) is 29.7. The van der Waals surface area contributed by atoms with Crippen LogP contribution in [-0.4, -0.2) is 151 Å². The SMILES string of the molecule is CC(=O)N[C@H]1[C@@H](OP(=O)(O)OP(=O)(O)OC[C@H]2O[C@@H](n3ccc(=O)[nH]c3=O)[C@H](O)[C@@H]2O)O[C@H](CC(O)[C@H]2O[C@@H](n3ccc(=O)[nH]c3=O)[C@H](O)[C@@H]2O)[C@H](O)[C@@H]1O. The Morgan fingerprint density at radius 2 is 1.33 bits per heavy atom. The summed E-state index contributed by atoms with van der Waals surface area (Å²) in [7, 11) is -11.6. The van der Waals surface area contributed by atoms with E-state index in [0.717, 1.165) is 31.5 Å².